The number of amides is 1. The first-order valence-corrected chi connectivity index (χ1v) is 11.5. The van der Waals surface area contributed by atoms with Crippen LogP contribution in [0.3, 0.4) is 0 Å². The normalized spacial score (nSPS) is 10.5. The number of halogens is 1. The first-order valence-electron chi connectivity index (χ1n) is 10.1. The topological polar surface area (TPSA) is 96.4 Å². The minimum absolute atomic E-state index is 0.141. The van der Waals surface area contributed by atoms with Gasteiger partial charge in [0.25, 0.3) is 5.91 Å². The van der Waals surface area contributed by atoms with E-state index in [1.807, 2.05) is 38.1 Å². The summed E-state index contributed by atoms with van der Waals surface area (Å²) in [5.74, 6) is 0.166. The zero-order valence-corrected chi connectivity index (χ0v) is 19.8. The van der Waals surface area contributed by atoms with E-state index >= 15 is 0 Å². The van der Waals surface area contributed by atoms with E-state index in [0.29, 0.717) is 32.7 Å². The van der Waals surface area contributed by atoms with Crippen LogP contribution in [0.25, 0.3) is 0 Å². The van der Waals surface area contributed by atoms with Crippen LogP contribution in [-0.4, -0.2) is 30.2 Å². The molecular formula is C24H22ClN3O4S. The second-order valence-corrected chi connectivity index (χ2v) is 8.61. The summed E-state index contributed by atoms with van der Waals surface area (Å²) in [4.78, 5) is 27.7. The van der Waals surface area contributed by atoms with E-state index in [2.05, 4.69) is 5.16 Å². The molecule has 0 radical (unpaired) electrons. The van der Waals surface area contributed by atoms with Gasteiger partial charge in [0.15, 0.2) is 6.61 Å². The van der Waals surface area contributed by atoms with Gasteiger partial charge in [-0.05, 0) is 49.7 Å². The maximum atomic E-state index is 12.9. The van der Waals surface area contributed by atoms with Gasteiger partial charge in [-0.1, -0.05) is 28.9 Å². The number of benzene rings is 2. The number of nitriles is 1. The van der Waals surface area contributed by atoms with Crippen molar-refractivity contribution in [2.75, 3.05) is 18.1 Å². The van der Waals surface area contributed by atoms with Gasteiger partial charge >= 0.3 is 5.97 Å². The highest BCUT2D eigenvalue weighted by molar-refractivity contribution is 7.98. The minimum Gasteiger partial charge on any atom is -0.452 e. The fourth-order valence-electron chi connectivity index (χ4n) is 3.03. The molecule has 1 amide bonds. The van der Waals surface area contributed by atoms with Crippen LogP contribution in [0.2, 0.25) is 5.02 Å². The molecule has 1 aromatic heterocycles. The number of ether oxygens (including phenoxy) is 1. The van der Waals surface area contributed by atoms with Crippen LogP contribution in [-0.2, 0) is 15.3 Å². The summed E-state index contributed by atoms with van der Waals surface area (Å²) in [6.45, 7) is 3.39. The van der Waals surface area contributed by atoms with Crippen LogP contribution in [0.5, 0.6) is 0 Å². The van der Waals surface area contributed by atoms with Gasteiger partial charge in [0.05, 0.1) is 29.5 Å². The second kappa shape index (κ2) is 11.5. The summed E-state index contributed by atoms with van der Waals surface area (Å²) in [6, 6.07) is 16.0. The van der Waals surface area contributed by atoms with Gasteiger partial charge in [0, 0.05) is 28.2 Å². The number of rotatable bonds is 9. The van der Waals surface area contributed by atoms with Crippen LogP contribution in [0.15, 0.2) is 57.9 Å². The molecular weight excluding hydrogens is 462 g/mol. The van der Waals surface area contributed by atoms with Crippen molar-refractivity contribution in [2.24, 2.45) is 0 Å². The van der Waals surface area contributed by atoms with Crippen molar-refractivity contribution in [3.63, 3.8) is 0 Å². The first-order chi connectivity index (χ1) is 15.9. The summed E-state index contributed by atoms with van der Waals surface area (Å²) in [6.07, 6.45) is 0.141. The van der Waals surface area contributed by atoms with Crippen molar-refractivity contribution < 1.29 is 18.8 Å². The predicted molar refractivity (Wildman–Crippen MR) is 126 cm³/mol. The van der Waals surface area contributed by atoms with Gasteiger partial charge in [-0.25, -0.2) is 4.79 Å². The molecule has 0 aliphatic carbocycles. The van der Waals surface area contributed by atoms with Gasteiger partial charge in [-0.15, -0.1) is 11.8 Å². The van der Waals surface area contributed by atoms with E-state index in [1.165, 1.54) is 16.7 Å². The Morgan fingerprint density at radius 3 is 2.70 bits per heavy atom. The van der Waals surface area contributed by atoms with Gasteiger partial charge in [0.2, 0.25) is 0 Å². The van der Waals surface area contributed by atoms with Crippen LogP contribution >= 0.6 is 23.4 Å². The Hall–Kier alpha value is -3.28. The Balaban J connectivity index is 1.67. The molecule has 3 aromatic rings. The Morgan fingerprint density at radius 2 is 2.00 bits per heavy atom. The molecule has 0 N–H and O–H groups in total. The van der Waals surface area contributed by atoms with Crippen LogP contribution < -0.4 is 4.90 Å². The number of carbonyl (C=O) groups excluding carboxylic acids is 2. The van der Waals surface area contributed by atoms with E-state index in [0.717, 1.165) is 11.3 Å². The van der Waals surface area contributed by atoms with Crippen molar-refractivity contribution in [2.45, 2.75) is 30.9 Å². The Kier molecular flexibility index (Phi) is 8.52. The molecule has 0 saturated heterocycles. The highest BCUT2D eigenvalue weighted by Gasteiger charge is 2.20. The monoisotopic (exact) mass is 483 g/mol. The number of nitrogens with zero attached hydrogens (tertiary/aromatic N) is 3. The van der Waals surface area contributed by atoms with E-state index in [9.17, 15) is 9.59 Å². The van der Waals surface area contributed by atoms with E-state index in [4.69, 9.17) is 26.1 Å². The minimum atomic E-state index is -0.604. The Labute approximate surface area is 201 Å². The Morgan fingerprint density at radius 1 is 1.21 bits per heavy atom. The lowest BCUT2D eigenvalue weighted by Crippen LogP contribution is -2.35. The molecule has 33 heavy (non-hydrogen) atoms. The lowest BCUT2D eigenvalue weighted by Gasteiger charge is -2.22. The number of anilines is 1. The van der Waals surface area contributed by atoms with E-state index in [-0.39, 0.29) is 13.0 Å². The molecule has 0 unspecified atom stereocenters. The average molecular weight is 484 g/mol. The highest BCUT2D eigenvalue weighted by Crippen LogP contribution is 2.27. The SMILES string of the molecule is Cc1cc(CSc2ccccc2C(=O)OCC(=O)N(CCC#N)c2ccc(Cl)c(C)c2)on1. The Bertz CT molecular complexity index is 1190. The summed E-state index contributed by atoms with van der Waals surface area (Å²) in [5.41, 5.74) is 2.53. The average Bonchev–Trinajstić information content (AvgIpc) is 3.23. The standard InChI is InChI=1S/C24H22ClN3O4S/c1-16-12-18(8-9-21(16)25)28(11-5-10-26)23(29)14-31-24(30)20-6-3-4-7-22(20)33-15-19-13-17(2)27-32-19/h3-4,6-9,12-13H,5,11,14-15H2,1-2H3. The number of hydrogen-bond acceptors (Lipinski definition) is 7. The number of aromatic nitrogens is 1. The van der Waals surface area contributed by atoms with Crippen molar-refractivity contribution in [3.8, 4) is 6.07 Å². The van der Waals surface area contributed by atoms with Crippen molar-refractivity contribution in [3.05, 3.63) is 76.1 Å². The summed E-state index contributed by atoms with van der Waals surface area (Å²) in [7, 11) is 0. The molecule has 170 valence electrons. The number of hydrogen-bond donors (Lipinski definition) is 0. The molecule has 0 aliphatic heterocycles. The van der Waals surface area contributed by atoms with Crippen molar-refractivity contribution >= 4 is 40.9 Å². The molecule has 0 bridgehead atoms. The summed E-state index contributed by atoms with van der Waals surface area (Å²) >= 11 is 7.50. The molecule has 0 saturated carbocycles. The third-order valence-corrected chi connectivity index (χ3v) is 6.20. The van der Waals surface area contributed by atoms with E-state index < -0.39 is 18.5 Å². The van der Waals surface area contributed by atoms with Crippen LogP contribution in [0.4, 0.5) is 5.69 Å². The van der Waals surface area contributed by atoms with Crippen molar-refractivity contribution in [1.82, 2.24) is 5.16 Å². The van der Waals surface area contributed by atoms with E-state index in [1.54, 1.807) is 30.3 Å². The number of carbonyl (C=O) groups is 2. The van der Waals surface area contributed by atoms with Gasteiger partial charge in [-0.3, -0.25) is 4.79 Å². The van der Waals surface area contributed by atoms with Crippen molar-refractivity contribution in [1.29, 1.82) is 5.26 Å². The third-order valence-electron chi connectivity index (χ3n) is 4.68. The molecule has 0 aliphatic rings. The van der Waals surface area contributed by atoms with Gasteiger partial charge in [0.1, 0.15) is 5.76 Å². The molecule has 7 nitrogen and oxygen atoms in total. The number of esters is 1. The number of aryl methyl sites for hydroxylation is 2. The summed E-state index contributed by atoms with van der Waals surface area (Å²) < 4.78 is 10.5. The zero-order valence-electron chi connectivity index (χ0n) is 18.2. The molecule has 0 spiro atoms. The zero-order chi connectivity index (χ0) is 23.8. The van der Waals surface area contributed by atoms with Crippen LogP contribution in [0, 0.1) is 25.2 Å². The molecule has 0 fully saturated rings. The fourth-order valence-corrected chi connectivity index (χ4v) is 4.07. The lowest BCUT2D eigenvalue weighted by molar-refractivity contribution is -0.121. The molecule has 2 aromatic carbocycles. The first kappa shape index (κ1) is 24.4. The number of thioether (sulfide) groups is 1. The molecule has 3 rings (SSSR count). The largest absolute Gasteiger partial charge is 0.452 e. The highest BCUT2D eigenvalue weighted by atomic mass is 35.5. The second-order valence-electron chi connectivity index (χ2n) is 7.18. The maximum absolute atomic E-state index is 12.9. The predicted octanol–water partition coefficient (Wildman–Crippen LogP) is 5.34. The van der Waals surface area contributed by atoms with Crippen LogP contribution in [0.1, 0.15) is 33.8 Å². The van der Waals surface area contributed by atoms with Gasteiger partial charge in [-0.2, -0.15) is 5.26 Å². The summed E-state index contributed by atoms with van der Waals surface area (Å²) in [5, 5.41) is 13.4. The smallest absolute Gasteiger partial charge is 0.339 e. The molecule has 0 atom stereocenters. The van der Waals surface area contributed by atoms with Gasteiger partial charge < -0.3 is 14.2 Å². The third kappa shape index (κ3) is 6.60. The lowest BCUT2D eigenvalue weighted by atomic mass is 10.2. The maximum Gasteiger partial charge on any atom is 0.339 e. The fraction of sp³-hybridized carbons (Fsp3) is 0.250. The quantitative estimate of drug-likeness (QED) is 0.299. The molecule has 1 heterocycles. The molecule has 9 heteroatoms.